The van der Waals surface area contributed by atoms with Gasteiger partial charge < -0.3 is 24.7 Å². The third-order valence-corrected chi connectivity index (χ3v) is 5.52. The van der Waals surface area contributed by atoms with Crippen LogP contribution in [-0.4, -0.2) is 47.6 Å². The Balaban J connectivity index is 1.65. The number of H-pyrrole nitrogens is 1. The topological polar surface area (TPSA) is 96.6 Å². The van der Waals surface area contributed by atoms with Crippen molar-refractivity contribution in [2.45, 2.75) is 19.4 Å². The largest absolute Gasteiger partial charge is 0.497 e. The third-order valence-electron chi connectivity index (χ3n) is 5.52. The first-order valence-electron chi connectivity index (χ1n) is 9.94. The normalized spacial score (nSPS) is 15.2. The van der Waals surface area contributed by atoms with Gasteiger partial charge in [-0.2, -0.15) is 0 Å². The highest BCUT2D eigenvalue weighted by Crippen LogP contribution is 2.34. The number of methoxy groups -OCH3 is 2. The van der Waals surface area contributed by atoms with Crippen LogP contribution in [0.2, 0.25) is 0 Å². The van der Waals surface area contributed by atoms with Gasteiger partial charge in [-0.05, 0) is 42.3 Å². The number of anilines is 1. The maximum Gasteiger partial charge on any atom is 0.337 e. The number of ether oxygens (including phenoxy) is 2. The number of hydrogen-bond acceptors (Lipinski definition) is 5. The molecule has 2 heterocycles. The fourth-order valence-electron chi connectivity index (χ4n) is 3.81. The molecule has 160 valence electrons. The predicted octanol–water partition coefficient (Wildman–Crippen LogP) is 3.69. The minimum absolute atomic E-state index is 0.264. The van der Waals surface area contributed by atoms with Gasteiger partial charge in [0.25, 0.3) is 0 Å². The Morgan fingerprint density at radius 2 is 1.94 bits per heavy atom. The molecular weight excluding hydrogens is 396 g/mol. The molecule has 0 aliphatic carbocycles. The molecule has 1 aromatic heterocycles. The monoisotopic (exact) mass is 420 g/mol. The Hall–Kier alpha value is -3.81. The van der Waals surface area contributed by atoms with Crippen molar-refractivity contribution in [2.24, 2.45) is 0 Å². The highest BCUT2D eigenvalue weighted by Gasteiger charge is 2.34. The number of nitrogens with one attached hydrogen (secondary N) is 2. The minimum atomic E-state index is -0.453. The van der Waals surface area contributed by atoms with Crippen LogP contribution in [0.15, 0.2) is 48.8 Å². The summed E-state index contributed by atoms with van der Waals surface area (Å²) in [6.45, 7) is 2.40. The Labute approximate surface area is 180 Å². The average Bonchev–Trinajstić information content (AvgIpc) is 3.28. The van der Waals surface area contributed by atoms with Crippen molar-refractivity contribution in [2.75, 3.05) is 26.1 Å². The number of nitrogens with zero attached hydrogens (tertiary/aromatic N) is 2. The number of fused-ring (bicyclic) bond motifs is 1. The summed E-state index contributed by atoms with van der Waals surface area (Å²) in [6.07, 6.45) is 2.34. The van der Waals surface area contributed by atoms with Crippen LogP contribution in [0.5, 0.6) is 5.75 Å². The van der Waals surface area contributed by atoms with Gasteiger partial charge in [0.2, 0.25) is 0 Å². The molecule has 0 fully saturated rings. The molecule has 8 heteroatoms. The van der Waals surface area contributed by atoms with Gasteiger partial charge in [-0.3, -0.25) is 0 Å². The molecule has 4 rings (SSSR count). The number of esters is 1. The van der Waals surface area contributed by atoms with Crippen LogP contribution >= 0.6 is 0 Å². The lowest BCUT2D eigenvalue weighted by Crippen LogP contribution is -2.43. The number of amides is 2. The second-order valence-electron chi connectivity index (χ2n) is 7.34. The summed E-state index contributed by atoms with van der Waals surface area (Å²) in [5, 5.41) is 2.96. The lowest BCUT2D eigenvalue weighted by molar-refractivity contribution is 0.0600. The number of rotatable bonds is 4. The number of aromatic amines is 1. The lowest BCUT2D eigenvalue weighted by atomic mass is 9.96. The molecular formula is C23H24N4O4. The Kier molecular flexibility index (Phi) is 5.62. The van der Waals surface area contributed by atoms with Gasteiger partial charge in [-0.1, -0.05) is 18.2 Å². The summed E-state index contributed by atoms with van der Waals surface area (Å²) in [7, 11) is 2.95. The van der Waals surface area contributed by atoms with E-state index in [1.54, 1.807) is 36.5 Å². The first-order chi connectivity index (χ1) is 15.0. The Morgan fingerprint density at radius 1 is 1.16 bits per heavy atom. The quantitative estimate of drug-likeness (QED) is 0.628. The van der Waals surface area contributed by atoms with E-state index in [1.165, 1.54) is 7.11 Å². The summed E-state index contributed by atoms with van der Waals surface area (Å²) < 4.78 is 10.1. The van der Waals surface area contributed by atoms with Crippen LogP contribution in [0.4, 0.5) is 10.5 Å². The SMILES string of the molecule is COC(=O)c1ccc(C)c(NC(=O)N2CCc3[nH]cnc3[C@H]2c2ccc(OC)cc2)c1. The number of carbonyl (C=O) groups excluding carboxylic acids is 2. The number of aromatic nitrogens is 2. The molecule has 1 aliphatic heterocycles. The molecule has 2 aromatic carbocycles. The van der Waals surface area contributed by atoms with E-state index in [0.29, 0.717) is 24.2 Å². The van der Waals surface area contributed by atoms with Gasteiger partial charge in [-0.25, -0.2) is 14.6 Å². The lowest BCUT2D eigenvalue weighted by Gasteiger charge is -2.35. The fraction of sp³-hybridized carbons (Fsp3) is 0.261. The van der Waals surface area contributed by atoms with Gasteiger partial charge in [0.1, 0.15) is 11.8 Å². The summed E-state index contributed by atoms with van der Waals surface area (Å²) in [4.78, 5) is 34.7. The smallest absolute Gasteiger partial charge is 0.337 e. The van der Waals surface area contributed by atoms with Crippen molar-refractivity contribution in [3.8, 4) is 5.75 Å². The fourth-order valence-corrected chi connectivity index (χ4v) is 3.81. The van der Waals surface area contributed by atoms with Crippen LogP contribution in [0.3, 0.4) is 0 Å². The van der Waals surface area contributed by atoms with Crippen molar-refractivity contribution in [3.63, 3.8) is 0 Å². The molecule has 0 saturated heterocycles. The molecule has 3 aromatic rings. The Bertz CT molecular complexity index is 1110. The predicted molar refractivity (Wildman–Crippen MR) is 115 cm³/mol. The maximum absolute atomic E-state index is 13.3. The summed E-state index contributed by atoms with van der Waals surface area (Å²) >= 11 is 0. The average molecular weight is 420 g/mol. The number of carbonyl (C=O) groups is 2. The highest BCUT2D eigenvalue weighted by molar-refractivity contribution is 5.95. The highest BCUT2D eigenvalue weighted by atomic mass is 16.5. The molecule has 8 nitrogen and oxygen atoms in total. The second-order valence-corrected chi connectivity index (χ2v) is 7.34. The zero-order valence-corrected chi connectivity index (χ0v) is 17.6. The van der Waals surface area contributed by atoms with Gasteiger partial charge >= 0.3 is 12.0 Å². The molecule has 0 radical (unpaired) electrons. The van der Waals surface area contributed by atoms with Crippen molar-refractivity contribution in [1.82, 2.24) is 14.9 Å². The zero-order chi connectivity index (χ0) is 22.0. The number of hydrogen-bond donors (Lipinski definition) is 2. The molecule has 2 amide bonds. The second kappa shape index (κ2) is 8.51. The number of imidazole rings is 1. The van der Waals surface area contributed by atoms with Crippen LogP contribution < -0.4 is 10.1 Å². The summed E-state index contributed by atoms with van der Waals surface area (Å²) in [6, 6.07) is 12.1. The first kappa shape index (κ1) is 20.5. The van der Waals surface area contributed by atoms with Crippen molar-refractivity contribution in [3.05, 3.63) is 76.9 Å². The van der Waals surface area contributed by atoms with E-state index in [0.717, 1.165) is 28.3 Å². The van der Waals surface area contributed by atoms with E-state index in [4.69, 9.17) is 9.47 Å². The van der Waals surface area contributed by atoms with E-state index >= 15 is 0 Å². The maximum atomic E-state index is 13.3. The minimum Gasteiger partial charge on any atom is -0.497 e. The third kappa shape index (κ3) is 3.96. The number of benzene rings is 2. The molecule has 0 bridgehead atoms. The van der Waals surface area contributed by atoms with Crippen molar-refractivity contribution >= 4 is 17.7 Å². The number of urea groups is 1. The first-order valence-corrected chi connectivity index (χ1v) is 9.94. The summed E-state index contributed by atoms with van der Waals surface area (Å²) in [5.74, 6) is 0.291. The van der Waals surface area contributed by atoms with Crippen molar-refractivity contribution in [1.29, 1.82) is 0 Å². The van der Waals surface area contributed by atoms with Crippen LogP contribution in [0, 0.1) is 6.92 Å². The van der Waals surface area contributed by atoms with Crippen molar-refractivity contribution < 1.29 is 19.1 Å². The molecule has 31 heavy (non-hydrogen) atoms. The molecule has 1 atom stereocenters. The van der Waals surface area contributed by atoms with Gasteiger partial charge in [0, 0.05) is 24.3 Å². The van der Waals surface area contributed by atoms with E-state index < -0.39 is 5.97 Å². The molecule has 0 spiro atoms. The molecule has 0 saturated carbocycles. The van der Waals surface area contributed by atoms with E-state index in [1.807, 2.05) is 31.2 Å². The molecule has 1 aliphatic rings. The van der Waals surface area contributed by atoms with Gasteiger partial charge in [0.15, 0.2) is 0 Å². The zero-order valence-electron chi connectivity index (χ0n) is 17.6. The summed E-state index contributed by atoms with van der Waals surface area (Å²) in [5.41, 5.74) is 4.57. The van der Waals surface area contributed by atoms with Crippen LogP contribution in [0.1, 0.15) is 38.9 Å². The van der Waals surface area contributed by atoms with Gasteiger partial charge in [-0.15, -0.1) is 0 Å². The molecule has 0 unspecified atom stereocenters. The van der Waals surface area contributed by atoms with E-state index in [2.05, 4.69) is 15.3 Å². The van der Waals surface area contributed by atoms with E-state index in [-0.39, 0.29) is 12.1 Å². The Morgan fingerprint density at radius 3 is 2.65 bits per heavy atom. The van der Waals surface area contributed by atoms with Gasteiger partial charge in [0.05, 0.1) is 31.8 Å². The standard InChI is InChI=1S/C23H24N4O4/c1-14-4-5-16(22(28)31-3)12-19(14)26-23(29)27-11-10-18-20(25-13-24-18)21(27)15-6-8-17(30-2)9-7-15/h4-9,12-13,21H,10-11H2,1-3H3,(H,24,25)(H,26,29)/t21-/m1/s1. The molecule has 2 N–H and O–H groups in total. The number of aryl methyl sites for hydroxylation is 1. The van der Waals surface area contributed by atoms with E-state index in [9.17, 15) is 9.59 Å². The van der Waals surface area contributed by atoms with Crippen LogP contribution in [0.25, 0.3) is 0 Å². The van der Waals surface area contributed by atoms with Crippen LogP contribution in [-0.2, 0) is 11.2 Å².